The molecule has 3 N–H and O–H groups in total. The van der Waals surface area contributed by atoms with Gasteiger partial charge in [-0.25, -0.2) is 0 Å². The number of para-hydroxylation sites is 1. The molecule has 9 atom stereocenters. The molecule has 10 rings (SSSR count). The lowest BCUT2D eigenvalue weighted by atomic mass is 9.59. The smallest absolute Gasteiger partial charge is 0.313 e. The van der Waals surface area contributed by atoms with Gasteiger partial charge in [0.2, 0.25) is 0 Å². The van der Waals surface area contributed by atoms with Gasteiger partial charge < -0.3 is 24.8 Å². The van der Waals surface area contributed by atoms with Crippen LogP contribution in [0.25, 0.3) is 21.8 Å². The number of nitrogens with one attached hydrogen (secondary N) is 3. The van der Waals surface area contributed by atoms with Crippen LogP contribution in [-0.2, 0) is 22.4 Å². The van der Waals surface area contributed by atoms with E-state index in [2.05, 4.69) is 83.4 Å². The highest BCUT2D eigenvalue weighted by Gasteiger charge is 2.55. The van der Waals surface area contributed by atoms with Crippen LogP contribution in [0.2, 0.25) is 0 Å². The molecule has 6 aliphatic rings. The number of hydrogen-bond donors (Lipinski definition) is 3. The zero-order chi connectivity index (χ0) is 32.9. The Labute approximate surface area is 283 Å². The second kappa shape index (κ2) is 11.2. The number of benzene rings is 2. The zero-order valence-electron chi connectivity index (χ0n) is 29.1. The monoisotopic (exact) mass is 646 g/mol. The van der Waals surface area contributed by atoms with Gasteiger partial charge in [-0.1, -0.05) is 43.2 Å². The number of allylic oxidation sites excluding steroid dienone is 1. The summed E-state index contributed by atoms with van der Waals surface area (Å²) in [6.45, 7) is 9.84. The molecule has 48 heavy (non-hydrogen) atoms. The van der Waals surface area contributed by atoms with Gasteiger partial charge in [-0.15, -0.1) is 0 Å². The van der Waals surface area contributed by atoms with Crippen LogP contribution in [-0.4, -0.2) is 66.8 Å². The Bertz CT molecular complexity index is 1950. The maximum Gasteiger partial charge on any atom is 0.313 e. The second-order valence-electron chi connectivity index (χ2n) is 15.7. The SMILES string of the molecule is C/C=C1\CNC2Cc3c([nH]c4ccccc34)[C@@H](c3cc4[nH]c5c(c4cc3OC)CCN3C[C@@H]4C[C@H](CC)[C@H]3[C@H]5C4)C[C@@H]1C2(C)C(=O)OC. The number of hydrogen-bond acceptors (Lipinski definition) is 5. The van der Waals surface area contributed by atoms with Crippen molar-refractivity contribution >= 4 is 27.8 Å². The van der Waals surface area contributed by atoms with Crippen molar-refractivity contribution in [2.75, 3.05) is 33.9 Å². The van der Waals surface area contributed by atoms with Gasteiger partial charge in [0, 0.05) is 82.3 Å². The van der Waals surface area contributed by atoms with Crippen molar-refractivity contribution in [2.24, 2.45) is 23.2 Å². The Morgan fingerprint density at radius 2 is 1.88 bits per heavy atom. The molecule has 7 nitrogen and oxygen atoms in total. The first-order valence-corrected chi connectivity index (χ1v) is 18.4. The molecule has 252 valence electrons. The Morgan fingerprint density at radius 1 is 1.04 bits per heavy atom. The van der Waals surface area contributed by atoms with Crippen molar-refractivity contribution < 1.29 is 14.3 Å². The number of aromatic nitrogens is 2. The maximum absolute atomic E-state index is 13.9. The molecule has 6 bridgehead atoms. The van der Waals surface area contributed by atoms with Crippen molar-refractivity contribution in [3.8, 4) is 5.75 Å². The number of aromatic amines is 2. The fourth-order valence-corrected chi connectivity index (χ4v) is 11.5. The minimum atomic E-state index is -0.716. The fourth-order valence-electron chi connectivity index (χ4n) is 11.5. The van der Waals surface area contributed by atoms with Gasteiger partial charge in [-0.2, -0.15) is 0 Å². The molecule has 2 aliphatic carbocycles. The van der Waals surface area contributed by atoms with Gasteiger partial charge in [-0.05, 0) is 93.0 Å². The van der Waals surface area contributed by atoms with E-state index in [0.29, 0.717) is 12.0 Å². The van der Waals surface area contributed by atoms with Crippen LogP contribution in [0.4, 0.5) is 0 Å². The van der Waals surface area contributed by atoms with E-state index >= 15 is 0 Å². The van der Waals surface area contributed by atoms with E-state index in [1.165, 1.54) is 82.9 Å². The number of H-pyrrole nitrogens is 2. The third-order valence-electron chi connectivity index (χ3n) is 13.8. The summed E-state index contributed by atoms with van der Waals surface area (Å²) in [6.07, 6.45) is 8.80. The summed E-state index contributed by atoms with van der Waals surface area (Å²) in [4.78, 5) is 24.7. The number of piperidine rings is 3. The van der Waals surface area contributed by atoms with Gasteiger partial charge in [0.1, 0.15) is 5.75 Å². The zero-order valence-corrected chi connectivity index (χ0v) is 29.1. The molecule has 2 aromatic heterocycles. The summed E-state index contributed by atoms with van der Waals surface area (Å²) < 4.78 is 11.9. The van der Waals surface area contributed by atoms with Crippen molar-refractivity contribution in [2.45, 2.75) is 83.2 Å². The number of rotatable bonds is 4. The molecular weight excluding hydrogens is 596 g/mol. The highest BCUT2D eigenvalue weighted by Crippen LogP contribution is 2.54. The van der Waals surface area contributed by atoms with Gasteiger partial charge >= 0.3 is 5.97 Å². The van der Waals surface area contributed by atoms with E-state index in [4.69, 9.17) is 9.47 Å². The van der Waals surface area contributed by atoms with Gasteiger partial charge in [0.25, 0.3) is 0 Å². The first-order valence-electron chi connectivity index (χ1n) is 18.4. The second-order valence-corrected chi connectivity index (χ2v) is 15.7. The van der Waals surface area contributed by atoms with Crippen molar-refractivity contribution in [1.29, 1.82) is 0 Å². The number of fused-ring (bicyclic) bond motifs is 9. The van der Waals surface area contributed by atoms with Gasteiger partial charge in [-0.3, -0.25) is 9.69 Å². The van der Waals surface area contributed by atoms with Crippen LogP contribution in [0.5, 0.6) is 5.75 Å². The molecular formula is C41H50N4O3. The average Bonchev–Trinajstić information content (AvgIpc) is 3.63. The summed E-state index contributed by atoms with van der Waals surface area (Å²) in [5.74, 6) is 2.99. The molecule has 3 saturated heterocycles. The summed E-state index contributed by atoms with van der Waals surface area (Å²) in [5, 5.41) is 6.33. The first kappa shape index (κ1) is 30.5. The predicted molar refractivity (Wildman–Crippen MR) is 191 cm³/mol. The number of esters is 1. The number of carbonyl (C=O) groups is 1. The molecule has 3 unspecified atom stereocenters. The number of carbonyl (C=O) groups excluding carboxylic acids is 1. The largest absolute Gasteiger partial charge is 0.496 e. The quantitative estimate of drug-likeness (QED) is 0.161. The Balaban J connectivity index is 1.24. The number of methoxy groups -OCH3 is 2. The van der Waals surface area contributed by atoms with Crippen molar-refractivity contribution in [3.63, 3.8) is 0 Å². The van der Waals surface area contributed by atoms with Crippen LogP contribution in [0, 0.1) is 23.2 Å². The summed E-state index contributed by atoms with van der Waals surface area (Å²) in [6, 6.07) is 14.0. The number of nitrogens with zero attached hydrogens (tertiary/aromatic N) is 1. The average molecular weight is 647 g/mol. The molecule has 7 heteroatoms. The van der Waals surface area contributed by atoms with E-state index in [9.17, 15) is 4.79 Å². The maximum atomic E-state index is 13.9. The van der Waals surface area contributed by atoms with Crippen LogP contribution in [0.1, 0.15) is 86.4 Å². The summed E-state index contributed by atoms with van der Waals surface area (Å²) >= 11 is 0. The topological polar surface area (TPSA) is 82.4 Å². The third kappa shape index (κ3) is 4.22. The Kier molecular flexibility index (Phi) is 7.15. The molecule has 0 radical (unpaired) electrons. The normalized spacial score (nSPS) is 34.7. The predicted octanol–water partition coefficient (Wildman–Crippen LogP) is 7.21. The van der Waals surface area contributed by atoms with E-state index in [0.717, 1.165) is 55.5 Å². The minimum absolute atomic E-state index is 0.00323. The lowest BCUT2D eigenvalue weighted by Crippen LogP contribution is -2.60. The molecule has 4 aliphatic heterocycles. The van der Waals surface area contributed by atoms with Gasteiger partial charge in [0.05, 0.1) is 19.6 Å². The lowest BCUT2D eigenvalue weighted by molar-refractivity contribution is -0.158. The molecule has 4 aromatic rings. The first-order chi connectivity index (χ1) is 23.4. The standard InChI is InChI=1S/C41H50N4O3/c1-6-23-14-22-15-31-37-26(12-13-45(21-22)39(23)31)27-18-35(47-4)28(17-34(27)44-37)29-16-32-24(7-2)20-42-36(41(32,3)40(46)48-5)19-30-25-10-8-9-11-33(25)43-38(29)30/h7-11,17-18,22-23,29,31-32,36,39,42-44H,6,12-16,19-21H2,1-5H3/b24-7+/t22-,23+,29-,31+,32+,36?,39+,41?/m1/s1. The van der Waals surface area contributed by atoms with Crippen LogP contribution in [0.15, 0.2) is 48.0 Å². The molecule has 2 aromatic carbocycles. The van der Waals surface area contributed by atoms with E-state index < -0.39 is 5.41 Å². The molecule has 0 spiro atoms. The van der Waals surface area contributed by atoms with Crippen LogP contribution >= 0.6 is 0 Å². The van der Waals surface area contributed by atoms with Crippen LogP contribution in [0.3, 0.4) is 0 Å². The van der Waals surface area contributed by atoms with E-state index in [1.807, 2.05) is 7.11 Å². The molecule has 0 amide bonds. The summed E-state index contributed by atoms with van der Waals surface area (Å²) in [5.41, 5.74) is 9.64. The fraction of sp³-hybridized carbons (Fsp3) is 0.537. The van der Waals surface area contributed by atoms with Crippen molar-refractivity contribution in [3.05, 3.63) is 76.1 Å². The Hall–Kier alpha value is -3.55. The molecule has 4 fully saturated rings. The lowest BCUT2D eigenvalue weighted by Gasteiger charge is -2.53. The van der Waals surface area contributed by atoms with Crippen molar-refractivity contribution in [1.82, 2.24) is 20.2 Å². The molecule has 1 saturated carbocycles. The van der Waals surface area contributed by atoms with Gasteiger partial charge in [0.15, 0.2) is 0 Å². The third-order valence-corrected chi connectivity index (χ3v) is 13.8. The summed E-state index contributed by atoms with van der Waals surface area (Å²) in [7, 11) is 3.36. The van der Waals surface area contributed by atoms with E-state index in [1.54, 1.807) is 0 Å². The Morgan fingerprint density at radius 3 is 2.67 bits per heavy atom. The molecule has 6 heterocycles. The van der Waals surface area contributed by atoms with E-state index in [-0.39, 0.29) is 23.8 Å². The minimum Gasteiger partial charge on any atom is -0.496 e. The number of ether oxygens (including phenoxy) is 2. The highest BCUT2D eigenvalue weighted by atomic mass is 16.5. The highest BCUT2D eigenvalue weighted by molar-refractivity contribution is 5.89. The van der Waals surface area contributed by atoms with Crippen LogP contribution < -0.4 is 10.1 Å².